The summed E-state index contributed by atoms with van der Waals surface area (Å²) in [5, 5.41) is 12.8. The molecule has 0 fully saturated rings. The van der Waals surface area contributed by atoms with Crippen LogP contribution in [0.5, 0.6) is 0 Å². The third-order valence-corrected chi connectivity index (χ3v) is 5.51. The molecule has 0 saturated carbocycles. The number of hydrogen-bond acceptors (Lipinski definition) is 6. The van der Waals surface area contributed by atoms with Gasteiger partial charge in [-0.3, -0.25) is 0 Å². The quantitative estimate of drug-likeness (QED) is 0.877. The van der Waals surface area contributed by atoms with E-state index < -0.39 is 10.0 Å². The van der Waals surface area contributed by atoms with E-state index in [0.717, 1.165) is 21.3 Å². The van der Waals surface area contributed by atoms with Crippen molar-refractivity contribution in [1.29, 1.82) is 0 Å². The molecule has 0 unspecified atom stereocenters. The summed E-state index contributed by atoms with van der Waals surface area (Å²) in [6.07, 6.45) is 0. The van der Waals surface area contributed by atoms with Gasteiger partial charge in [-0.15, -0.1) is 10.2 Å². The summed E-state index contributed by atoms with van der Waals surface area (Å²) in [6, 6.07) is 7.51. The number of aryl methyl sites for hydroxylation is 1. The lowest BCUT2D eigenvalue weighted by molar-refractivity contribution is 0.519. The van der Waals surface area contributed by atoms with Crippen molar-refractivity contribution in [2.24, 2.45) is 0 Å². The van der Waals surface area contributed by atoms with Crippen molar-refractivity contribution >= 4 is 26.5 Å². The SMILES string of the molecule is Cc1nnc(NCc2ccc(CS(=O)(=O)N(C)C)cc2)s1. The Hall–Kier alpha value is -1.51. The monoisotopic (exact) mass is 326 g/mol. The van der Waals surface area contributed by atoms with Gasteiger partial charge in [-0.05, 0) is 18.1 Å². The number of nitrogens with zero attached hydrogens (tertiary/aromatic N) is 3. The summed E-state index contributed by atoms with van der Waals surface area (Å²) in [4.78, 5) is 0. The number of anilines is 1. The van der Waals surface area contributed by atoms with Crippen LogP contribution in [0.4, 0.5) is 5.13 Å². The Bertz CT molecular complexity index is 693. The van der Waals surface area contributed by atoms with Crippen LogP contribution in [-0.2, 0) is 22.3 Å². The minimum atomic E-state index is -3.22. The van der Waals surface area contributed by atoms with E-state index in [4.69, 9.17) is 0 Å². The number of hydrogen-bond donors (Lipinski definition) is 1. The molecule has 2 aromatic rings. The second-order valence-corrected chi connectivity index (χ2v) is 8.20. The number of benzene rings is 1. The van der Waals surface area contributed by atoms with E-state index >= 15 is 0 Å². The van der Waals surface area contributed by atoms with Crippen LogP contribution in [-0.4, -0.2) is 37.0 Å². The van der Waals surface area contributed by atoms with Gasteiger partial charge in [0, 0.05) is 20.6 Å². The summed E-state index contributed by atoms with van der Waals surface area (Å²) in [7, 11) is -0.137. The molecule has 1 aromatic heterocycles. The minimum Gasteiger partial charge on any atom is -0.356 e. The van der Waals surface area contributed by atoms with Crippen LogP contribution in [0, 0.1) is 6.92 Å². The maximum absolute atomic E-state index is 11.8. The maximum atomic E-state index is 11.8. The van der Waals surface area contributed by atoms with Gasteiger partial charge in [0.05, 0.1) is 5.75 Å². The van der Waals surface area contributed by atoms with Crippen LogP contribution >= 0.6 is 11.3 Å². The van der Waals surface area contributed by atoms with E-state index in [1.54, 1.807) is 0 Å². The molecule has 0 saturated heterocycles. The van der Waals surface area contributed by atoms with Crippen molar-refractivity contribution in [1.82, 2.24) is 14.5 Å². The highest BCUT2D eigenvalue weighted by molar-refractivity contribution is 7.88. The summed E-state index contributed by atoms with van der Waals surface area (Å²) >= 11 is 1.50. The van der Waals surface area contributed by atoms with Gasteiger partial charge in [-0.25, -0.2) is 12.7 Å². The van der Waals surface area contributed by atoms with Gasteiger partial charge in [0.1, 0.15) is 5.01 Å². The molecule has 8 heteroatoms. The average molecular weight is 326 g/mol. The van der Waals surface area contributed by atoms with Crippen molar-refractivity contribution in [2.45, 2.75) is 19.2 Å². The molecule has 21 heavy (non-hydrogen) atoms. The summed E-state index contributed by atoms with van der Waals surface area (Å²) < 4.78 is 24.8. The highest BCUT2D eigenvalue weighted by Crippen LogP contribution is 2.15. The first-order valence-corrected chi connectivity index (χ1v) is 8.81. The van der Waals surface area contributed by atoms with E-state index in [1.165, 1.54) is 29.7 Å². The van der Waals surface area contributed by atoms with Gasteiger partial charge in [-0.1, -0.05) is 35.6 Å². The zero-order valence-corrected chi connectivity index (χ0v) is 13.8. The van der Waals surface area contributed by atoms with Gasteiger partial charge in [0.15, 0.2) is 0 Å². The average Bonchev–Trinajstić information content (AvgIpc) is 2.83. The third kappa shape index (κ3) is 4.48. The molecular formula is C13H18N4O2S2. The van der Waals surface area contributed by atoms with Crippen LogP contribution in [0.1, 0.15) is 16.1 Å². The molecule has 114 valence electrons. The second-order valence-electron chi connectivity index (χ2n) is 4.83. The van der Waals surface area contributed by atoms with Crippen LogP contribution < -0.4 is 5.32 Å². The van der Waals surface area contributed by atoms with Gasteiger partial charge in [0.25, 0.3) is 0 Å². The third-order valence-electron chi connectivity index (χ3n) is 2.90. The van der Waals surface area contributed by atoms with E-state index in [2.05, 4.69) is 15.5 Å². The van der Waals surface area contributed by atoms with Crippen molar-refractivity contribution in [3.63, 3.8) is 0 Å². The van der Waals surface area contributed by atoms with Gasteiger partial charge >= 0.3 is 0 Å². The molecule has 0 atom stereocenters. The number of nitrogens with one attached hydrogen (secondary N) is 1. The summed E-state index contributed by atoms with van der Waals surface area (Å²) in [5.41, 5.74) is 1.84. The summed E-state index contributed by atoms with van der Waals surface area (Å²) in [5.74, 6) is 0.0172. The predicted molar refractivity (Wildman–Crippen MR) is 84.7 cm³/mol. The predicted octanol–water partition coefficient (Wildman–Crippen LogP) is 1.85. The Morgan fingerprint density at radius 2 is 1.76 bits per heavy atom. The van der Waals surface area contributed by atoms with Gasteiger partial charge < -0.3 is 5.32 Å². The minimum absolute atomic E-state index is 0.0172. The van der Waals surface area contributed by atoms with Crippen LogP contribution in [0.2, 0.25) is 0 Å². The van der Waals surface area contributed by atoms with E-state index in [0.29, 0.717) is 6.54 Å². The number of sulfonamides is 1. The zero-order chi connectivity index (χ0) is 15.5. The first kappa shape index (κ1) is 15.9. The molecule has 0 aliphatic heterocycles. The molecule has 0 spiro atoms. The van der Waals surface area contributed by atoms with Crippen LogP contribution in [0.25, 0.3) is 0 Å². The molecule has 1 N–H and O–H groups in total. The fourth-order valence-electron chi connectivity index (χ4n) is 1.64. The Kier molecular flexibility index (Phi) is 4.92. The van der Waals surface area contributed by atoms with Crippen molar-refractivity contribution in [3.8, 4) is 0 Å². The van der Waals surface area contributed by atoms with Crippen molar-refractivity contribution in [2.75, 3.05) is 19.4 Å². The van der Waals surface area contributed by atoms with Crippen molar-refractivity contribution < 1.29 is 8.42 Å². The molecular weight excluding hydrogens is 308 g/mol. The molecule has 2 rings (SSSR count). The van der Waals surface area contributed by atoms with Crippen LogP contribution in [0.3, 0.4) is 0 Å². The molecule has 0 radical (unpaired) electrons. The van der Waals surface area contributed by atoms with Crippen molar-refractivity contribution in [3.05, 3.63) is 40.4 Å². The molecule has 0 amide bonds. The van der Waals surface area contributed by atoms with Gasteiger partial charge in [-0.2, -0.15) is 0 Å². The fourth-order valence-corrected chi connectivity index (χ4v) is 3.10. The number of aromatic nitrogens is 2. The van der Waals surface area contributed by atoms with E-state index in [1.807, 2.05) is 31.2 Å². The fraction of sp³-hybridized carbons (Fsp3) is 0.385. The van der Waals surface area contributed by atoms with E-state index in [9.17, 15) is 8.42 Å². The summed E-state index contributed by atoms with van der Waals surface area (Å²) in [6.45, 7) is 2.54. The lowest BCUT2D eigenvalue weighted by atomic mass is 10.1. The lowest BCUT2D eigenvalue weighted by Crippen LogP contribution is -2.23. The zero-order valence-electron chi connectivity index (χ0n) is 12.2. The Labute approximate surface area is 128 Å². The first-order chi connectivity index (χ1) is 9.87. The maximum Gasteiger partial charge on any atom is 0.217 e. The van der Waals surface area contributed by atoms with Crippen LogP contribution in [0.15, 0.2) is 24.3 Å². The molecule has 6 nitrogen and oxygen atoms in total. The molecule has 1 heterocycles. The Morgan fingerprint density at radius 3 is 2.29 bits per heavy atom. The highest BCUT2D eigenvalue weighted by Gasteiger charge is 2.14. The Balaban J connectivity index is 1.96. The normalized spacial score (nSPS) is 11.8. The first-order valence-electron chi connectivity index (χ1n) is 6.39. The smallest absolute Gasteiger partial charge is 0.217 e. The molecule has 1 aromatic carbocycles. The molecule has 0 aliphatic carbocycles. The Morgan fingerprint density at radius 1 is 1.14 bits per heavy atom. The molecule has 0 aliphatic rings. The highest BCUT2D eigenvalue weighted by atomic mass is 32.2. The topological polar surface area (TPSA) is 75.2 Å². The molecule has 0 bridgehead atoms. The largest absolute Gasteiger partial charge is 0.356 e. The standard InChI is InChI=1S/C13H18N4O2S2/c1-10-15-16-13(20-10)14-8-11-4-6-12(7-5-11)9-21(18,19)17(2)3/h4-7H,8-9H2,1-3H3,(H,14,16). The number of rotatable bonds is 6. The second kappa shape index (κ2) is 6.50. The van der Waals surface area contributed by atoms with E-state index in [-0.39, 0.29) is 5.75 Å². The van der Waals surface area contributed by atoms with Gasteiger partial charge in [0.2, 0.25) is 15.2 Å². The lowest BCUT2D eigenvalue weighted by Gasteiger charge is -2.11.